The van der Waals surface area contributed by atoms with Crippen molar-refractivity contribution in [3.8, 4) is 5.75 Å². The van der Waals surface area contributed by atoms with Crippen molar-refractivity contribution < 1.29 is 13.9 Å². The standard InChI is InChI=1S/C19H21FN2O2S/c1-2-8-22-19(21)25-12-15-10-16(20)9-14-11-23-18(24-17(14)15)13-6-4-3-5-7-13/h3-7,9-10,18H,2,8,11-12H2,1H3,(H2,21,22)/t18-/m1/s1. The molecule has 0 saturated heterocycles. The first-order valence-electron chi connectivity index (χ1n) is 8.24. The predicted octanol–water partition coefficient (Wildman–Crippen LogP) is 4.39. The van der Waals surface area contributed by atoms with Gasteiger partial charge in [-0.1, -0.05) is 49.0 Å². The second-order valence-corrected chi connectivity index (χ2v) is 6.73. The Morgan fingerprint density at radius 2 is 2.12 bits per heavy atom. The van der Waals surface area contributed by atoms with E-state index in [0.29, 0.717) is 35.4 Å². The minimum absolute atomic E-state index is 0.302. The molecular formula is C19H21FN2O2S. The highest BCUT2D eigenvalue weighted by Gasteiger charge is 2.25. The highest BCUT2D eigenvalue weighted by Crippen LogP contribution is 2.37. The third kappa shape index (κ3) is 4.52. The van der Waals surface area contributed by atoms with Gasteiger partial charge in [0.05, 0.1) is 6.61 Å². The zero-order valence-electron chi connectivity index (χ0n) is 14.1. The number of fused-ring (bicyclic) bond motifs is 1. The van der Waals surface area contributed by atoms with E-state index in [1.54, 1.807) is 0 Å². The Morgan fingerprint density at radius 1 is 1.32 bits per heavy atom. The molecule has 1 aliphatic heterocycles. The van der Waals surface area contributed by atoms with Gasteiger partial charge in [-0.25, -0.2) is 4.39 Å². The molecule has 0 spiro atoms. The molecular weight excluding hydrogens is 339 g/mol. The van der Waals surface area contributed by atoms with E-state index in [1.165, 1.54) is 23.9 Å². The van der Waals surface area contributed by atoms with Crippen LogP contribution in [0.25, 0.3) is 0 Å². The lowest BCUT2D eigenvalue weighted by Gasteiger charge is -2.28. The maximum atomic E-state index is 13.9. The fourth-order valence-corrected chi connectivity index (χ4v) is 3.28. The van der Waals surface area contributed by atoms with Crippen LogP contribution in [0.4, 0.5) is 4.39 Å². The van der Waals surface area contributed by atoms with Crippen molar-refractivity contribution >= 4 is 16.9 Å². The van der Waals surface area contributed by atoms with Crippen molar-refractivity contribution in [1.82, 2.24) is 0 Å². The Hall–Kier alpha value is -2.05. The van der Waals surface area contributed by atoms with Gasteiger partial charge in [0.15, 0.2) is 5.17 Å². The molecule has 0 saturated carbocycles. The van der Waals surface area contributed by atoms with E-state index in [-0.39, 0.29) is 5.82 Å². The quantitative estimate of drug-likeness (QED) is 0.635. The molecule has 2 aromatic carbocycles. The second kappa shape index (κ2) is 8.36. The summed E-state index contributed by atoms with van der Waals surface area (Å²) in [5, 5.41) is 0.506. The SMILES string of the molecule is CCCN=C(N)SCc1cc(F)cc2c1O[C@H](c1ccccc1)OC2. The van der Waals surface area contributed by atoms with E-state index in [0.717, 1.165) is 17.5 Å². The van der Waals surface area contributed by atoms with Crippen LogP contribution in [0.5, 0.6) is 5.75 Å². The van der Waals surface area contributed by atoms with Gasteiger partial charge in [0.1, 0.15) is 11.6 Å². The van der Waals surface area contributed by atoms with Crippen molar-refractivity contribution in [2.24, 2.45) is 10.7 Å². The van der Waals surface area contributed by atoms with Gasteiger partial charge < -0.3 is 15.2 Å². The van der Waals surface area contributed by atoms with Crippen molar-refractivity contribution in [2.45, 2.75) is 32.0 Å². The van der Waals surface area contributed by atoms with Crippen LogP contribution in [0.1, 0.15) is 36.3 Å². The normalized spacial score (nSPS) is 17.0. The summed E-state index contributed by atoms with van der Waals surface area (Å²) in [7, 11) is 0. The Kier molecular flexibility index (Phi) is 5.94. The molecule has 1 atom stereocenters. The summed E-state index contributed by atoms with van der Waals surface area (Å²) in [6.07, 6.45) is 0.449. The summed E-state index contributed by atoms with van der Waals surface area (Å²) < 4.78 is 25.7. The van der Waals surface area contributed by atoms with Gasteiger partial charge >= 0.3 is 0 Å². The molecule has 0 radical (unpaired) electrons. The Labute approximate surface area is 151 Å². The number of rotatable bonds is 5. The largest absolute Gasteiger partial charge is 0.460 e. The zero-order valence-corrected chi connectivity index (χ0v) is 14.9. The van der Waals surface area contributed by atoms with E-state index < -0.39 is 6.29 Å². The lowest BCUT2D eigenvalue weighted by molar-refractivity contribution is -0.112. The molecule has 3 rings (SSSR count). The van der Waals surface area contributed by atoms with Crippen LogP contribution in [0.3, 0.4) is 0 Å². The summed E-state index contributed by atoms with van der Waals surface area (Å²) >= 11 is 1.39. The first kappa shape index (κ1) is 17.8. The van der Waals surface area contributed by atoms with Gasteiger partial charge in [-0.3, -0.25) is 4.99 Å². The molecule has 25 heavy (non-hydrogen) atoms. The monoisotopic (exact) mass is 360 g/mol. The molecule has 2 aromatic rings. The van der Waals surface area contributed by atoms with Gasteiger partial charge in [0, 0.05) is 29.0 Å². The van der Waals surface area contributed by atoms with Crippen molar-refractivity contribution in [1.29, 1.82) is 0 Å². The molecule has 0 unspecified atom stereocenters. The number of halogens is 1. The van der Waals surface area contributed by atoms with Gasteiger partial charge in [0.2, 0.25) is 6.29 Å². The number of hydrogen-bond acceptors (Lipinski definition) is 4. The molecule has 2 N–H and O–H groups in total. The van der Waals surface area contributed by atoms with Crippen LogP contribution >= 0.6 is 11.8 Å². The minimum Gasteiger partial charge on any atom is -0.460 e. The lowest BCUT2D eigenvalue weighted by atomic mass is 10.1. The molecule has 0 aromatic heterocycles. The number of aliphatic imine (C=N–C) groups is 1. The van der Waals surface area contributed by atoms with Crippen molar-refractivity contribution in [2.75, 3.05) is 6.54 Å². The second-order valence-electron chi connectivity index (χ2n) is 5.73. The van der Waals surface area contributed by atoms with Gasteiger partial charge in [-0.05, 0) is 18.6 Å². The Morgan fingerprint density at radius 3 is 2.88 bits per heavy atom. The van der Waals surface area contributed by atoms with Crippen LogP contribution in [-0.2, 0) is 17.1 Å². The van der Waals surface area contributed by atoms with Gasteiger partial charge in [0.25, 0.3) is 0 Å². The van der Waals surface area contributed by atoms with E-state index in [4.69, 9.17) is 15.2 Å². The number of nitrogens with two attached hydrogens (primary N) is 1. The molecule has 132 valence electrons. The fraction of sp³-hybridized carbons (Fsp3) is 0.316. The Bertz CT molecular complexity index is 753. The number of thioether (sulfide) groups is 1. The van der Waals surface area contributed by atoms with Crippen LogP contribution in [0.15, 0.2) is 47.5 Å². The number of benzene rings is 2. The van der Waals surface area contributed by atoms with Gasteiger partial charge in [-0.2, -0.15) is 0 Å². The van der Waals surface area contributed by atoms with E-state index in [9.17, 15) is 4.39 Å². The fourth-order valence-electron chi connectivity index (χ4n) is 2.58. The maximum absolute atomic E-state index is 13.9. The zero-order chi connectivity index (χ0) is 17.6. The van der Waals surface area contributed by atoms with Crippen LogP contribution in [0, 0.1) is 5.82 Å². The van der Waals surface area contributed by atoms with Crippen LogP contribution < -0.4 is 10.5 Å². The average Bonchev–Trinajstić information content (AvgIpc) is 2.64. The molecule has 0 aliphatic carbocycles. The molecule has 0 bridgehead atoms. The van der Waals surface area contributed by atoms with Crippen molar-refractivity contribution in [3.63, 3.8) is 0 Å². The van der Waals surface area contributed by atoms with E-state index in [2.05, 4.69) is 4.99 Å². The summed E-state index contributed by atoms with van der Waals surface area (Å²) in [5.41, 5.74) is 8.30. The molecule has 6 heteroatoms. The first-order valence-corrected chi connectivity index (χ1v) is 9.23. The van der Waals surface area contributed by atoms with Gasteiger partial charge in [-0.15, -0.1) is 0 Å². The van der Waals surface area contributed by atoms with Crippen molar-refractivity contribution in [3.05, 3.63) is 65.0 Å². The van der Waals surface area contributed by atoms with E-state index in [1.807, 2.05) is 37.3 Å². The first-order chi connectivity index (χ1) is 12.2. The van der Waals surface area contributed by atoms with E-state index >= 15 is 0 Å². The number of amidine groups is 1. The lowest BCUT2D eigenvalue weighted by Crippen LogP contribution is -2.19. The minimum atomic E-state index is -0.492. The van der Waals surface area contributed by atoms with Crippen LogP contribution in [0.2, 0.25) is 0 Å². The molecule has 1 heterocycles. The smallest absolute Gasteiger partial charge is 0.227 e. The van der Waals surface area contributed by atoms with Crippen LogP contribution in [-0.4, -0.2) is 11.7 Å². The third-order valence-corrected chi connectivity index (χ3v) is 4.64. The summed E-state index contributed by atoms with van der Waals surface area (Å²) in [6, 6.07) is 12.7. The number of nitrogens with zero attached hydrogens (tertiary/aromatic N) is 1. The molecule has 1 aliphatic rings. The highest BCUT2D eigenvalue weighted by molar-refractivity contribution is 8.13. The topological polar surface area (TPSA) is 56.8 Å². The predicted molar refractivity (Wildman–Crippen MR) is 99.1 cm³/mol. The molecule has 0 fully saturated rings. The molecule has 0 amide bonds. The third-order valence-electron chi connectivity index (χ3n) is 3.76. The molecule has 4 nitrogen and oxygen atoms in total. The summed E-state index contributed by atoms with van der Waals surface area (Å²) in [5.74, 6) is 0.877. The number of ether oxygens (including phenoxy) is 2. The highest BCUT2D eigenvalue weighted by atomic mass is 32.2. The average molecular weight is 360 g/mol. The Balaban J connectivity index is 1.80. The number of hydrogen-bond donors (Lipinski definition) is 1. The summed E-state index contributed by atoms with van der Waals surface area (Å²) in [4.78, 5) is 4.25. The summed E-state index contributed by atoms with van der Waals surface area (Å²) in [6.45, 7) is 3.05. The maximum Gasteiger partial charge on any atom is 0.227 e.